The number of carbonyl (C=O) groups is 1. The lowest BCUT2D eigenvalue weighted by molar-refractivity contribution is -0.346. The van der Waals surface area contributed by atoms with E-state index in [1.165, 1.54) is 0 Å². The van der Waals surface area contributed by atoms with E-state index in [-0.39, 0.29) is 5.91 Å². The molecule has 3 atom stereocenters. The Morgan fingerprint density at radius 1 is 1.50 bits per heavy atom. The summed E-state index contributed by atoms with van der Waals surface area (Å²) in [6, 6.07) is 0. The Kier molecular flexibility index (Phi) is 6.27. The average Bonchev–Trinajstić information content (AvgIpc) is 2.38. The van der Waals surface area contributed by atoms with Crippen molar-refractivity contribution in [1.29, 1.82) is 0 Å². The molecule has 8 heteroatoms. The van der Waals surface area contributed by atoms with Gasteiger partial charge in [0.25, 0.3) is 5.91 Å². The lowest BCUT2D eigenvalue weighted by Gasteiger charge is -2.25. The van der Waals surface area contributed by atoms with E-state index < -0.39 is 22.5 Å². The van der Waals surface area contributed by atoms with Gasteiger partial charge in [-0.05, 0) is 12.8 Å². The van der Waals surface area contributed by atoms with Crippen LogP contribution >= 0.6 is 0 Å². The summed E-state index contributed by atoms with van der Waals surface area (Å²) in [6.45, 7) is 4.22. The highest BCUT2D eigenvalue weighted by molar-refractivity contribution is 7.83. The molecule has 0 aliphatic carbocycles. The van der Waals surface area contributed by atoms with Crippen LogP contribution in [-0.2, 0) is 25.6 Å². The highest BCUT2D eigenvalue weighted by atomic mass is 32.2. The molecule has 3 unspecified atom stereocenters. The molecule has 1 saturated heterocycles. The van der Waals surface area contributed by atoms with Crippen LogP contribution in [0.3, 0.4) is 0 Å². The molecule has 1 aliphatic heterocycles. The zero-order valence-electron chi connectivity index (χ0n) is 10.3. The van der Waals surface area contributed by atoms with Crippen LogP contribution in [0.2, 0.25) is 0 Å². The molecule has 104 valence electrons. The third-order valence-corrected chi connectivity index (χ3v) is 3.41. The molecule has 1 aliphatic rings. The maximum absolute atomic E-state index is 11.7. The lowest BCUT2D eigenvalue weighted by atomic mass is 10.2. The molecule has 18 heavy (non-hydrogen) atoms. The summed E-state index contributed by atoms with van der Waals surface area (Å²) in [5.74, 6) is -0.250. The molecule has 0 radical (unpaired) electrons. The summed E-state index contributed by atoms with van der Waals surface area (Å²) in [6.07, 6.45) is 0.842. The summed E-state index contributed by atoms with van der Waals surface area (Å²) < 4.78 is 10.9. The Hall–Kier alpha value is -0.960. The van der Waals surface area contributed by atoms with Crippen molar-refractivity contribution in [2.75, 3.05) is 13.6 Å². The third kappa shape index (κ3) is 4.73. The predicted molar refractivity (Wildman–Crippen MR) is 67.1 cm³/mol. The second kappa shape index (κ2) is 7.47. The van der Waals surface area contributed by atoms with Crippen LogP contribution in [0.4, 0.5) is 0 Å². The van der Waals surface area contributed by atoms with E-state index in [4.69, 9.17) is 14.9 Å². The van der Waals surface area contributed by atoms with Crippen molar-refractivity contribution in [3.05, 3.63) is 12.3 Å². The zero-order valence-corrected chi connectivity index (χ0v) is 11.1. The Morgan fingerprint density at radius 2 is 2.22 bits per heavy atom. The Balaban J connectivity index is 2.24. The van der Waals surface area contributed by atoms with Crippen LogP contribution in [0, 0.1) is 0 Å². The largest absolute Gasteiger partial charge is 0.392 e. The minimum absolute atomic E-state index is 0.250. The average molecular weight is 277 g/mol. The minimum atomic E-state index is -1.59. The summed E-state index contributed by atoms with van der Waals surface area (Å²) in [4.78, 5) is 21.4. The first-order valence-corrected chi connectivity index (χ1v) is 6.92. The van der Waals surface area contributed by atoms with E-state index in [0.29, 0.717) is 25.8 Å². The SMILES string of the molecule is C=C(CCNC(=O)C1CCC(S(N)=O)OO1)NC. The Labute approximate surface area is 109 Å². The van der Waals surface area contributed by atoms with Crippen molar-refractivity contribution in [3.63, 3.8) is 0 Å². The number of hydrogen-bond acceptors (Lipinski definition) is 5. The minimum Gasteiger partial charge on any atom is -0.392 e. The molecule has 0 spiro atoms. The first-order chi connectivity index (χ1) is 8.54. The topological polar surface area (TPSA) is 103 Å². The van der Waals surface area contributed by atoms with Crippen molar-refractivity contribution in [1.82, 2.24) is 10.6 Å². The van der Waals surface area contributed by atoms with Gasteiger partial charge in [0.15, 0.2) is 11.5 Å². The van der Waals surface area contributed by atoms with Crippen molar-refractivity contribution >= 4 is 16.9 Å². The van der Waals surface area contributed by atoms with Gasteiger partial charge in [-0.1, -0.05) is 6.58 Å². The zero-order chi connectivity index (χ0) is 13.5. The first kappa shape index (κ1) is 15.1. The lowest BCUT2D eigenvalue weighted by Crippen LogP contribution is -2.42. The van der Waals surface area contributed by atoms with E-state index in [1.54, 1.807) is 7.05 Å². The molecule has 7 nitrogen and oxygen atoms in total. The van der Waals surface area contributed by atoms with Gasteiger partial charge in [0.1, 0.15) is 11.0 Å². The maximum atomic E-state index is 11.7. The molecule has 1 heterocycles. The fraction of sp³-hybridized carbons (Fsp3) is 0.700. The summed E-state index contributed by atoms with van der Waals surface area (Å²) in [5.41, 5.74) is 0.188. The molecule has 0 aromatic heterocycles. The molecule has 0 bridgehead atoms. The highest BCUT2D eigenvalue weighted by Crippen LogP contribution is 2.17. The number of hydrogen-bond donors (Lipinski definition) is 3. The molecule has 4 N–H and O–H groups in total. The number of nitrogens with one attached hydrogen (secondary N) is 2. The molecular weight excluding hydrogens is 258 g/mol. The standard InChI is InChI=1S/C10H19N3O4S/c1-7(12-2)5-6-13-10(14)8-3-4-9(17-16-8)18(11)15/h8-9,12H,1,3-6,11H2,2H3,(H,13,14). The summed E-state index contributed by atoms with van der Waals surface area (Å²) >= 11 is 0. The van der Waals surface area contributed by atoms with Gasteiger partial charge in [-0.3, -0.25) is 4.79 Å². The first-order valence-electron chi connectivity index (χ1n) is 5.65. The molecule has 0 aromatic rings. The van der Waals surface area contributed by atoms with Gasteiger partial charge in [-0.15, -0.1) is 0 Å². The smallest absolute Gasteiger partial charge is 0.252 e. The molecule has 1 fully saturated rings. The fourth-order valence-corrected chi connectivity index (χ4v) is 1.91. The van der Waals surface area contributed by atoms with Crippen LogP contribution < -0.4 is 15.8 Å². The molecule has 1 amide bonds. The van der Waals surface area contributed by atoms with Crippen LogP contribution in [0.5, 0.6) is 0 Å². The van der Waals surface area contributed by atoms with Gasteiger partial charge in [-0.2, -0.15) is 0 Å². The fourth-order valence-electron chi connectivity index (χ4n) is 1.42. The van der Waals surface area contributed by atoms with Crippen LogP contribution in [0.15, 0.2) is 12.3 Å². The van der Waals surface area contributed by atoms with Gasteiger partial charge in [0.2, 0.25) is 0 Å². The molecule has 0 aromatic carbocycles. The quantitative estimate of drug-likeness (QED) is 0.556. The van der Waals surface area contributed by atoms with Crippen molar-refractivity contribution in [2.45, 2.75) is 30.8 Å². The number of rotatable bonds is 6. The molecule has 1 rings (SSSR count). The predicted octanol–water partition coefficient (Wildman–Crippen LogP) is -0.715. The van der Waals surface area contributed by atoms with Gasteiger partial charge in [-0.25, -0.2) is 19.1 Å². The number of nitrogens with two attached hydrogens (primary N) is 1. The monoisotopic (exact) mass is 277 g/mol. The van der Waals surface area contributed by atoms with E-state index in [0.717, 1.165) is 5.70 Å². The van der Waals surface area contributed by atoms with E-state index in [1.807, 2.05) is 0 Å². The van der Waals surface area contributed by atoms with Crippen LogP contribution in [-0.4, -0.2) is 35.2 Å². The highest BCUT2D eigenvalue weighted by Gasteiger charge is 2.30. The van der Waals surface area contributed by atoms with Crippen molar-refractivity contribution in [2.24, 2.45) is 5.14 Å². The maximum Gasteiger partial charge on any atom is 0.252 e. The van der Waals surface area contributed by atoms with Crippen molar-refractivity contribution in [3.8, 4) is 0 Å². The Bertz CT molecular complexity index is 329. The van der Waals surface area contributed by atoms with Gasteiger partial charge >= 0.3 is 0 Å². The van der Waals surface area contributed by atoms with Gasteiger partial charge in [0, 0.05) is 25.7 Å². The van der Waals surface area contributed by atoms with Gasteiger partial charge < -0.3 is 10.6 Å². The third-order valence-electron chi connectivity index (χ3n) is 2.57. The second-order valence-corrected chi connectivity index (χ2v) is 5.09. The summed E-state index contributed by atoms with van der Waals surface area (Å²) in [5, 5.41) is 10.8. The number of amides is 1. The van der Waals surface area contributed by atoms with E-state index in [2.05, 4.69) is 17.2 Å². The van der Waals surface area contributed by atoms with Crippen LogP contribution in [0.25, 0.3) is 0 Å². The second-order valence-electron chi connectivity index (χ2n) is 3.91. The van der Waals surface area contributed by atoms with E-state index in [9.17, 15) is 9.00 Å². The van der Waals surface area contributed by atoms with Crippen molar-refractivity contribution < 1.29 is 18.8 Å². The molecular formula is C10H19N3O4S. The Morgan fingerprint density at radius 3 is 2.72 bits per heavy atom. The van der Waals surface area contributed by atoms with Crippen LogP contribution in [0.1, 0.15) is 19.3 Å². The normalized spacial score (nSPS) is 25.2. The summed E-state index contributed by atoms with van der Waals surface area (Å²) in [7, 11) is 0.181. The number of carbonyl (C=O) groups excluding carboxylic acids is 1. The molecule has 0 saturated carbocycles. The van der Waals surface area contributed by atoms with Gasteiger partial charge in [0.05, 0.1) is 0 Å². The van der Waals surface area contributed by atoms with E-state index >= 15 is 0 Å².